The van der Waals surface area contributed by atoms with Crippen LogP contribution < -0.4 is 0 Å². The number of aromatic nitrogens is 2. The number of fused-ring (bicyclic) bond motifs is 1. The van der Waals surface area contributed by atoms with Crippen LogP contribution in [-0.2, 0) is 16.1 Å². The molecule has 3 fully saturated rings. The van der Waals surface area contributed by atoms with Gasteiger partial charge in [0.1, 0.15) is 0 Å². The highest BCUT2D eigenvalue weighted by molar-refractivity contribution is 5.79. The van der Waals surface area contributed by atoms with Crippen LogP contribution in [0.4, 0.5) is 0 Å². The van der Waals surface area contributed by atoms with E-state index in [1.807, 2.05) is 23.1 Å². The second-order valence-corrected chi connectivity index (χ2v) is 7.34. The lowest BCUT2D eigenvalue weighted by molar-refractivity contribution is -0.150. The number of likely N-dealkylation sites (tertiary alicyclic amines) is 1. The third-order valence-electron chi connectivity index (χ3n) is 5.85. The van der Waals surface area contributed by atoms with Gasteiger partial charge in [-0.3, -0.25) is 14.4 Å². The molecule has 1 amide bonds. The highest BCUT2D eigenvalue weighted by atomic mass is 16.5. The van der Waals surface area contributed by atoms with Gasteiger partial charge >= 0.3 is 0 Å². The van der Waals surface area contributed by atoms with Crippen molar-refractivity contribution in [1.29, 1.82) is 0 Å². The van der Waals surface area contributed by atoms with E-state index in [9.17, 15) is 4.79 Å². The quantitative estimate of drug-likeness (QED) is 0.839. The molecule has 1 aromatic rings. The first-order valence-corrected chi connectivity index (χ1v) is 9.44. The van der Waals surface area contributed by atoms with Crippen molar-refractivity contribution in [2.75, 3.05) is 26.2 Å². The van der Waals surface area contributed by atoms with Crippen LogP contribution in [0.15, 0.2) is 18.5 Å². The van der Waals surface area contributed by atoms with E-state index in [0.29, 0.717) is 31.1 Å². The molecule has 0 bridgehead atoms. The minimum Gasteiger partial charge on any atom is -0.374 e. The van der Waals surface area contributed by atoms with Crippen LogP contribution in [0.1, 0.15) is 38.5 Å². The second kappa shape index (κ2) is 7.23. The molecule has 0 N–H and O–H groups in total. The molecule has 0 unspecified atom stereocenters. The molecule has 3 heterocycles. The van der Waals surface area contributed by atoms with Crippen molar-refractivity contribution in [3.63, 3.8) is 0 Å². The molecule has 2 aliphatic heterocycles. The molecule has 0 aromatic carbocycles. The number of amides is 1. The van der Waals surface area contributed by atoms with Gasteiger partial charge in [0.2, 0.25) is 5.91 Å². The van der Waals surface area contributed by atoms with E-state index in [1.165, 1.54) is 19.3 Å². The van der Waals surface area contributed by atoms with Gasteiger partial charge in [-0.2, -0.15) is 5.10 Å². The number of carbonyl (C=O) groups excluding carboxylic acids is 1. The van der Waals surface area contributed by atoms with Gasteiger partial charge in [0, 0.05) is 25.0 Å². The molecule has 6 heteroatoms. The van der Waals surface area contributed by atoms with E-state index < -0.39 is 0 Å². The van der Waals surface area contributed by atoms with E-state index in [-0.39, 0.29) is 6.10 Å². The Morgan fingerprint density at radius 3 is 2.96 bits per heavy atom. The smallest absolute Gasteiger partial charge is 0.237 e. The molecule has 1 saturated carbocycles. The van der Waals surface area contributed by atoms with Crippen LogP contribution in [0.5, 0.6) is 0 Å². The lowest BCUT2D eigenvalue weighted by atomic mass is 9.90. The SMILES string of the molecule is O=C(CN1CCC[C@@H]1Cn1cccn1)N1CCO[C@@H]2CCCC[C@H]21. The van der Waals surface area contributed by atoms with Crippen molar-refractivity contribution < 1.29 is 9.53 Å². The van der Waals surface area contributed by atoms with Gasteiger partial charge in [-0.15, -0.1) is 0 Å². The van der Waals surface area contributed by atoms with Crippen LogP contribution >= 0.6 is 0 Å². The summed E-state index contributed by atoms with van der Waals surface area (Å²) in [4.78, 5) is 17.4. The Balaban J connectivity index is 1.37. The molecule has 0 spiro atoms. The average Bonchev–Trinajstić information content (AvgIpc) is 3.27. The first kappa shape index (κ1) is 16.1. The maximum absolute atomic E-state index is 13.0. The Morgan fingerprint density at radius 1 is 1.17 bits per heavy atom. The molecule has 1 aromatic heterocycles. The van der Waals surface area contributed by atoms with Crippen LogP contribution in [-0.4, -0.2) is 69.9 Å². The van der Waals surface area contributed by atoms with Crippen molar-refractivity contribution in [3.8, 4) is 0 Å². The minimum atomic E-state index is 0.273. The van der Waals surface area contributed by atoms with E-state index in [1.54, 1.807) is 0 Å². The molecule has 24 heavy (non-hydrogen) atoms. The van der Waals surface area contributed by atoms with E-state index in [4.69, 9.17) is 4.74 Å². The van der Waals surface area contributed by atoms with Gasteiger partial charge in [-0.05, 0) is 38.3 Å². The zero-order valence-electron chi connectivity index (χ0n) is 14.3. The first-order chi connectivity index (χ1) is 11.8. The van der Waals surface area contributed by atoms with Gasteiger partial charge in [-0.1, -0.05) is 12.8 Å². The monoisotopic (exact) mass is 332 g/mol. The van der Waals surface area contributed by atoms with Gasteiger partial charge in [0.25, 0.3) is 0 Å². The Morgan fingerprint density at radius 2 is 2.08 bits per heavy atom. The molecule has 6 nitrogen and oxygen atoms in total. The third kappa shape index (κ3) is 3.35. The standard InChI is InChI=1S/C18H28N4O2/c23-18(22-11-12-24-17-7-2-1-6-16(17)22)14-20-9-3-5-15(20)13-21-10-4-8-19-21/h4,8,10,15-17H,1-3,5-7,9,11-14H2/t15-,16-,17-/m1/s1. The number of morpholine rings is 1. The van der Waals surface area contributed by atoms with Crippen molar-refractivity contribution >= 4 is 5.91 Å². The number of rotatable bonds is 4. The van der Waals surface area contributed by atoms with Crippen molar-refractivity contribution in [2.24, 2.45) is 0 Å². The number of nitrogens with zero attached hydrogens (tertiary/aromatic N) is 4. The molecule has 3 aliphatic rings. The lowest BCUT2D eigenvalue weighted by Crippen LogP contribution is -2.57. The maximum Gasteiger partial charge on any atom is 0.237 e. The van der Waals surface area contributed by atoms with Gasteiger partial charge in [0.15, 0.2) is 0 Å². The Bertz CT molecular complexity index is 545. The largest absolute Gasteiger partial charge is 0.374 e. The molecular formula is C18H28N4O2. The maximum atomic E-state index is 13.0. The number of carbonyl (C=O) groups is 1. The molecule has 3 atom stereocenters. The fraction of sp³-hybridized carbons (Fsp3) is 0.778. The van der Waals surface area contributed by atoms with E-state index in [0.717, 1.165) is 38.9 Å². The van der Waals surface area contributed by atoms with E-state index >= 15 is 0 Å². The Labute approximate surface area is 143 Å². The lowest BCUT2D eigenvalue weighted by Gasteiger charge is -2.44. The molecule has 132 valence electrons. The summed E-state index contributed by atoms with van der Waals surface area (Å²) < 4.78 is 7.89. The predicted octanol–water partition coefficient (Wildman–Crippen LogP) is 1.52. The number of hydrogen-bond acceptors (Lipinski definition) is 4. The summed E-state index contributed by atoms with van der Waals surface area (Å²) in [5.74, 6) is 0.294. The van der Waals surface area contributed by atoms with Crippen molar-refractivity contribution in [3.05, 3.63) is 18.5 Å². The number of hydrogen-bond donors (Lipinski definition) is 0. The molecule has 0 radical (unpaired) electrons. The Kier molecular flexibility index (Phi) is 4.85. The van der Waals surface area contributed by atoms with Crippen molar-refractivity contribution in [1.82, 2.24) is 19.6 Å². The third-order valence-corrected chi connectivity index (χ3v) is 5.85. The molecule has 2 saturated heterocycles. The van der Waals surface area contributed by atoms with Gasteiger partial charge in [-0.25, -0.2) is 0 Å². The summed E-state index contributed by atoms with van der Waals surface area (Å²) in [7, 11) is 0. The summed E-state index contributed by atoms with van der Waals surface area (Å²) in [5.41, 5.74) is 0. The molecule has 4 rings (SSSR count). The zero-order valence-corrected chi connectivity index (χ0v) is 14.3. The summed E-state index contributed by atoms with van der Waals surface area (Å²) in [6, 6.07) is 2.70. The van der Waals surface area contributed by atoms with Gasteiger partial charge in [0.05, 0.1) is 31.8 Å². The fourth-order valence-electron chi connectivity index (χ4n) is 4.61. The van der Waals surface area contributed by atoms with Gasteiger partial charge < -0.3 is 9.64 Å². The summed E-state index contributed by atoms with van der Waals surface area (Å²) in [6.45, 7) is 3.92. The highest BCUT2D eigenvalue weighted by Crippen LogP contribution is 2.29. The van der Waals surface area contributed by atoms with Crippen LogP contribution in [0.3, 0.4) is 0 Å². The minimum absolute atomic E-state index is 0.273. The molecule has 1 aliphatic carbocycles. The zero-order chi connectivity index (χ0) is 16.4. The predicted molar refractivity (Wildman–Crippen MR) is 90.5 cm³/mol. The fourth-order valence-corrected chi connectivity index (χ4v) is 4.61. The second-order valence-electron chi connectivity index (χ2n) is 7.34. The topological polar surface area (TPSA) is 50.6 Å². The first-order valence-electron chi connectivity index (χ1n) is 9.44. The molecular weight excluding hydrogens is 304 g/mol. The summed E-state index contributed by atoms with van der Waals surface area (Å²) >= 11 is 0. The van der Waals surface area contributed by atoms with Crippen LogP contribution in [0, 0.1) is 0 Å². The Hall–Kier alpha value is -1.40. The normalized spacial score (nSPS) is 31.2. The van der Waals surface area contributed by atoms with Crippen LogP contribution in [0.2, 0.25) is 0 Å². The highest BCUT2D eigenvalue weighted by Gasteiger charge is 2.38. The van der Waals surface area contributed by atoms with Crippen LogP contribution in [0.25, 0.3) is 0 Å². The average molecular weight is 332 g/mol. The number of ether oxygens (including phenoxy) is 1. The summed E-state index contributed by atoms with van der Waals surface area (Å²) in [6.07, 6.45) is 11.1. The van der Waals surface area contributed by atoms with E-state index in [2.05, 4.69) is 14.9 Å². The summed E-state index contributed by atoms with van der Waals surface area (Å²) in [5, 5.41) is 4.32. The van der Waals surface area contributed by atoms with Crippen molar-refractivity contribution in [2.45, 2.75) is 63.3 Å².